The Hall–Kier alpha value is -3.42. The first-order valence-electron chi connectivity index (χ1n) is 9.98. The SMILES string of the molecule is COc1cccc(N2C(=O)[C@@H]3[C@@H](ON(c4ccccc4)[C@H]3c3c(F)cccc3Cl)C2=O)c1. The molecule has 0 aromatic heterocycles. The van der Waals surface area contributed by atoms with Gasteiger partial charge >= 0.3 is 0 Å². The van der Waals surface area contributed by atoms with Gasteiger partial charge in [-0.2, -0.15) is 0 Å². The minimum atomic E-state index is -1.12. The number of methoxy groups -OCH3 is 1. The first-order chi connectivity index (χ1) is 15.5. The van der Waals surface area contributed by atoms with Crippen LogP contribution in [0.1, 0.15) is 11.6 Å². The molecule has 0 saturated carbocycles. The molecule has 6 nitrogen and oxygen atoms in total. The van der Waals surface area contributed by atoms with Gasteiger partial charge in [-0.1, -0.05) is 41.9 Å². The fourth-order valence-corrected chi connectivity index (χ4v) is 4.58. The lowest BCUT2D eigenvalue weighted by Crippen LogP contribution is -2.37. The third kappa shape index (κ3) is 3.13. The van der Waals surface area contributed by atoms with Gasteiger partial charge in [0, 0.05) is 16.7 Å². The molecule has 2 aliphatic rings. The van der Waals surface area contributed by atoms with Crippen LogP contribution in [-0.4, -0.2) is 25.0 Å². The van der Waals surface area contributed by atoms with Crippen LogP contribution in [0.5, 0.6) is 5.75 Å². The average Bonchev–Trinajstić information content (AvgIpc) is 3.30. The van der Waals surface area contributed by atoms with Crippen LogP contribution >= 0.6 is 11.6 Å². The Morgan fingerprint density at radius 3 is 2.38 bits per heavy atom. The van der Waals surface area contributed by atoms with Crippen molar-refractivity contribution < 1.29 is 23.6 Å². The summed E-state index contributed by atoms with van der Waals surface area (Å²) in [5, 5.41) is 1.57. The molecule has 0 N–H and O–H groups in total. The van der Waals surface area contributed by atoms with Gasteiger partial charge in [-0.15, -0.1) is 0 Å². The summed E-state index contributed by atoms with van der Waals surface area (Å²) in [6.45, 7) is 0. The zero-order valence-electron chi connectivity index (χ0n) is 16.9. The molecule has 3 aromatic rings. The standard InChI is InChI=1S/C24H18ClFN2O4/c1-31-16-10-5-9-15(13-16)27-23(29)20-21(19-17(25)11-6-12-18(19)26)28(32-22(20)24(27)30)14-7-3-2-4-8-14/h2-13,20-22H,1H3/t20-,21-,22+/m0/s1. The number of anilines is 2. The number of halogens is 2. The van der Waals surface area contributed by atoms with Crippen LogP contribution < -0.4 is 14.7 Å². The number of rotatable bonds is 4. The molecule has 2 amide bonds. The predicted molar refractivity (Wildman–Crippen MR) is 117 cm³/mol. The van der Waals surface area contributed by atoms with Crippen LogP contribution in [0.2, 0.25) is 5.02 Å². The lowest BCUT2D eigenvalue weighted by atomic mass is 9.90. The Morgan fingerprint density at radius 1 is 0.938 bits per heavy atom. The predicted octanol–water partition coefficient (Wildman–Crippen LogP) is 4.54. The summed E-state index contributed by atoms with van der Waals surface area (Å²) in [5.74, 6) is -2.07. The highest BCUT2D eigenvalue weighted by atomic mass is 35.5. The van der Waals surface area contributed by atoms with E-state index in [2.05, 4.69) is 0 Å². The maximum Gasteiger partial charge on any atom is 0.266 e. The highest BCUT2D eigenvalue weighted by Crippen LogP contribution is 2.49. The van der Waals surface area contributed by atoms with E-state index in [1.165, 1.54) is 24.3 Å². The maximum atomic E-state index is 15.0. The van der Waals surface area contributed by atoms with E-state index >= 15 is 0 Å². The summed E-state index contributed by atoms with van der Waals surface area (Å²) in [5.41, 5.74) is 1.06. The fourth-order valence-electron chi connectivity index (χ4n) is 4.30. The summed E-state index contributed by atoms with van der Waals surface area (Å²) in [7, 11) is 1.50. The molecule has 0 spiro atoms. The van der Waals surface area contributed by atoms with Crippen LogP contribution in [-0.2, 0) is 14.4 Å². The molecule has 32 heavy (non-hydrogen) atoms. The monoisotopic (exact) mass is 452 g/mol. The minimum Gasteiger partial charge on any atom is -0.497 e. The molecule has 162 valence electrons. The van der Waals surface area contributed by atoms with Gasteiger partial charge in [-0.05, 0) is 36.4 Å². The molecule has 0 radical (unpaired) electrons. The molecule has 2 fully saturated rings. The lowest BCUT2D eigenvalue weighted by molar-refractivity contribution is -0.126. The largest absolute Gasteiger partial charge is 0.497 e. The number of carbonyl (C=O) groups is 2. The van der Waals surface area contributed by atoms with Crippen molar-refractivity contribution >= 4 is 34.8 Å². The van der Waals surface area contributed by atoms with E-state index in [4.69, 9.17) is 21.2 Å². The van der Waals surface area contributed by atoms with E-state index < -0.39 is 35.7 Å². The summed E-state index contributed by atoms with van der Waals surface area (Å²) in [6.07, 6.45) is -1.12. The van der Waals surface area contributed by atoms with E-state index in [-0.39, 0.29) is 10.6 Å². The maximum absolute atomic E-state index is 15.0. The van der Waals surface area contributed by atoms with Crippen molar-refractivity contribution in [1.82, 2.24) is 0 Å². The van der Waals surface area contributed by atoms with Crippen LogP contribution in [0.15, 0.2) is 72.8 Å². The Balaban J connectivity index is 1.62. The summed E-state index contributed by atoms with van der Waals surface area (Å²) < 4.78 is 20.2. The van der Waals surface area contributed by atoms with Gasteiger partial charge in [0.05, 0.1) is 18.5 Å². The Labute approximate surface area is 188 Å². The summed E-state index contributed by atoms with van der Waals surface area (Å²) >= 11 is 6.38. The van der Waals surface area contributed by atoms with Crippen LogP contribution in [0, 0.1) is 11.7 Å². The molecule has 3 aromatic carbocycles. The molecule has 3 atom stereocenters. The van der Waals surface area contributed by atoms with E-state index in [1.54, 1.807) is 54.6 Å². The first-order valence-corrected chi connectivity index (χ1v) is 10.4. The lowest BCUT2D eigenvalue weighted by Gasteiger charge is -2.29. The molecule has 5 rings (SSSR count). The van der Waals surface area contributed by atoms with Crippen LogP contribution in [0.3, 0.4) is 0 Å². The first kappa shape index (κ1) is 20.5. The quantitative estimate of drug-likeness (QED) is 0.544. The van der Waals surface area contributed by atoms with Gasteiger partial charge < -0.3 is 4.74 Å². The molecule has 0 bridgehead atoms. The second-order valence-electron chi connectivity index (χ2n) is 7.51. The minimum absolute atomic E-state index is 0.110. The van der Waals surface area contributed by atoms with Crippen LogP contribution in [0.4, 0.5) is 15.8 Å². The number of fused-ring (bicyclic) bond motifs is 1. The van der Waals surface area contributed by atoms with Gasteiger partial charge in [-0.25, -0.2) is 14.4 Å². The molecule has 8 heteroatoms. The van der Waals surface area contributed by atoms with Crippen molar-refractivity contribution in [2.24, 2.45) is 5.92 Å². The van der Waals surface area contributed by atoms with E-state index in [1.807, 2.05) is 6.07 Å². The van der Waals surface area contributed by atoms with Crippen molar-refractivity contribution in [1.29, 1.82) is 0 Å². The van der Waals surface area contributed by atoms with Crippen LogP contribution in [0.25, 0.3) is 0 Å². The smallest absolute Gasteiger partial charge is 0.266 e. The summed E-state index contributed by atoms with van der Waals surface area (Å²) in [6, 6.07) is 19.0. The summed E-state index contributed by atoms with van der Waals surface area (Å²) in [4.78, 5) is 34.0. The number of carbonyl (C=O) groups excluding carboxylic acids is 2. The van der Waals surface area contributed by atoms with Gasteiger partial charge in [-0.3, -0.25) is 14.4 Å². The second kappa shape index (κ2) is 7.93. The average molecular weight is 453 g/mol. The van der Waals surface area contributed by atoms with Crippen molar-refractivity contribution in [2.45, 2.75) is 12.1 Å². The second-order valence-corrected chi connectivity index (χ2v) is 7.91. The van der Waals surface area contributed by atoms with Gasteiger partial charge in [0.1, 0.15) is 23.5 Å². The molecular weight excluding hydrogens is 435 g/mol. The van der Waals surface area contributed by atoms with Crippen molar-refractivity contribution in [3.63, 3.8) is 0 Å². The molecule has 2 saturated heterocycles. The van der Waals surface area contributed by atoms with E-state index in [9.17, 15) is 14.0 Å². The Bertz CT molecular complexity index is 1190. The third-order valence-electron chi connectivity index (χ3n) is 5.73. The number of imide groups is 1. The Morgan fingerprint density at radius 2 is 1.66 bits per heavy atom. The fraction of sp³-hybridized carbons (Fsp3) is 0.167. The topological polar surface area (TPSA) is 59.1 Å². The number of hydroxylamine groups is 1. The number of ether oxygens (including phenoxy) is 1. The number of benzene rings is 3. The Kier molecular flexibility index (Phi) is 5.07. The molecular formula is C24H18ClFN2O4. The molecule has 0 unspecified atom stereocenters. The third-order valence-corrected chi connectivity index (χ3v) is 6.06. The number of nitrogens with zero attached hydrogens (tertiary/aromatic N) is 2. The number of amides is 2. The number of hydrogen-bond acceptors (Lipinski definition) is 5. The number of hydrogen-bond donors (Lipinski definition) is 0. The van der Waals surface area contributed by atoms with Gasteiger partial charge in [0.25, 0.3) is 5.91 Å². The van der Waals surface area contributed by atoms with Crippen molar-refractivity contribution in [3.05, 3.63) is 89.2 Å². The molecule has 2 heterocycles. The molecule has 2 aliphatic heterocycles. The van der Waals surface area contributed by atoms with Crippen molar-refractivity contribution in [2.75, 3.05) is 17.1 Å². The molecule has 0 aliphatic carbocycles. The number of para-hydroxylation sites is 1. The zero-order valence-corrected chi connectivity index (χ0v) is 17.7. The van der Waals surface area contributed by atoms with E-state index in [0.29, 0.717) is 17.1 Å². The zero-order chi connectivity index (χ0) is 22.4. The normalized spacial score (nSPS) is 22.4. The van der Waals surface area contributed by atoms with Crippen molar-refractivity contribution in [3.8, 4) is 5.75 Å². The van der Waals surface area contributed by atoms with Gasteiger partial charge in [0.15, 0.2) is 6.10 Å². The van der Waals surface area contributed by atoms with E-state index in [0.717, 1.165) is 4.90 Å². The van der Waals surface area contributed by atoms with Gasteiger partial charge in [0.2, 0.25) is 5.91 Å². The highest BCUT2D eigenvalue weighted by molar-refractivity contribution is 6.31. The highest BCUT2D eigenvalue weighted by Gasteiger charge is 2.61.